The molecule has 23 heavy (non-hydrogen) atoms. The average Bonchev–Trinajstić information content (AvgIpc) is 3.04. The minimum atomic E-state index is -0.310. The molecular formula is C17H25N3O2S. The maximum absolute atomic E-state index is 12.5. The molecule has 1 aliphatic rings. The molecule has 2 rings (SSSR count). The summed E-state index contributed by atoms with van der Waals surface area (Å²) in [5.41, 5.74) is 1.00. The Labute approximate surface area is 142 Å². The van der Waals surface area contributed by atoms with E-state index >= 15 is 0 Å². The largest absolute Gasteiger partial charge is 0.342 e. The normalized spacial score (nSPS) is 17.6. The Kier molecular flexibility index (Phi) is 6.45. The van der Waals surface area contributed by atoms with Gasteiger partial charge in [0.15, 0.2) is 0 Å². The van der Waals surface area contributed by atoms with Crippen LogP contribution in [0.25, 0.3) is 0 Å². The van der Waals surface area contributed by atoms with Gasteiger partial charge in [-0.2, -0.15) is 0 Å². The van der Waals surface area contributed by atoms with E-state index in [1.54, 1.807) is 34.8 Å². The molecular weight excluding hydrogens is 310 g/mol. The molecule has 1 aromatic heterocycles. The molecule has 2 heterocycles. The van der Waals surface area contributed by atoms with Crippen molar-refractivity contribution in [3.05, 3.63) is 30.1 Å². The highest BCUT2D eigenvalue weighted by molar-refractivity contribution is 7.99. The SMILES string of the molecule is CC(C)N(C)C(=O)C1CSCN1C(=O)CCCc1ccccn1. The third-order valence-corrected chi connectivity index (χ3v) is 5.17. The zero-order chi connectivity index (χ0) is 16.8. The van der Waals surface area contributed by atoms with Gasteiger partial charge in [-0.15, -0.1) is 11.8 Å². The number of likely N-dealkylation sites (N-methyl/N-ethyl adjacent to an activating group) is 1. The molecule has 2 amide bonds. The van der Waals surface area contributed by atoms with Crippen molar-refractivity contribution in [3.8, 4) is 0 Å². The number of carbonyl (C=O) groups is 2. The van der Waals surface area contributed by atoms with Crippen molar-refractivity contribution in [1.82, 2.24) is 14.8 Å². The van der Waals surface area contributed by atoms with Gasteiger partial charge in [0, 0.05) is 37.2 Å². The second-order valence-electron chi connectivity index (χ2n) is 6.10. The second-order valence-corrected chi connectivity index (χ2v) is 7.10. The van der Waals surface area contributed by atoms with Gasteiger partial charge >= 0.3 is 0 Å². The molecule has 126 valence electrons. The smallest absolute Gasteiger partial charge is 0.246 e. The summed E-state index contributed by atoms with van der Waals surface area (Å²) in [6.45, 7) is 3.97. The quantitative estimate of drug-likeness (QED) is 0.799. The summed E-state index contributed by atoms with van der Waals surface area (Å²) < 4.78 is 0. The van der Waals surface area contributed by atoms with Crippen molar-refractivity contribution < 1.29 is 9.59 Å². The minimum Gasteiger partial charge on any atom is -0.342 e. The summed E-state index contributed by atoms with van der Waals surface area (Å²) in [5.74, 6) is 1.43. The lowest BCUT2D eigenvalue weighted by Crippen LogP contribution is -2.49. The molecule has 1 aliphatic heterocycles. The molecule has 1 fully saturated rings. The molecule has 1 aromatic rings. The first kappa shape index (κ1) is 17.8. The predicted molar refractivity (Wildman–Crippen MR) is 93.0 cm³/mol. The van der Waals surface area contributed by atoms with Gasteiger partial charge in [0.1, 0.15) is 6.04 Å². The molecule has 0 saturated carbocycles. The molecule has 6 heteroatoms. The van der Waals surface area contributed by atoms with Gasteiger partial charge < -0.3 is 9.80 Å². The van der Waals surface area contributed by atoms with Crippen molar-refractivity contribution in [2.75, 3.05) is 18.7 Å². The van der Waals surface area contributed by atoms with E-state index in [1.807, 2.05) is 32.0 Å². The van der Waals surface area contributed by atoms with Crippen LogP contribution in [0, 0.1) is 0 Å². The van der Waals surface area contributed by atoms with Crippen LogP contribution in [-0.2, 0) is 16.0 Å². The fourth-order valence-corrected chi connectivity index (χ4v) is 3.66. The van der Waals surface area contributed by atoms with Crippen molar-refractivity contribution in [3.63, 3.8) is 0 Å². The number of carbonyl (C=O) groups excluding carboxylic acids is 2. The third-order valence-electron chi connectivity index (χ3n) is 4.16. The fraction of sp³-hybridized carbons (Fsp3) is 0.588. The number of hydrogen-bond acceptors (Lipinski definition) is 4. The van der Waals surface area contributed by atoms with Crippen LogP contribution in [-0.4, -0.2) is 57.4 Å². The molecule has 0 aromatic carbocycles. The minimum absolute atomic E-state index is 0.0445. The zero-order valence-electron chi connectivity index (χ0n) is 14.1. The first-order valence-corrected chi connectivity index (χ1v) is 9.20. The first-order chi connectivity index (χ1) is 11.0. The van der Waals surface area contributed by atoms with Gasteiger partial charge in [0.25, 0.3) is 0 Å². The highest BCUT2D eigenvalue weighted by atomic mass is 32.2. The molecule has 0 aliphatic carbocycles. The van der Waals surface area contributed by atoms with Crippen LogP contribution >= 0.6 is 11.8 Å². The lowest BCUT2D eigenvalue weighted by atomic mass is 10.1. The van der Waals surface area contributed by atoms with Crippen molar-refractivity contribution in [2.45, 2.75) is 45.2 Å². The molecule has 1 atom stereocenters. The molecule has 0 bridgehead atoms. The van der Waals surface area contributed by atoms with Crippen molar-refractivity contribution in [1.29, 1.82) is 0 Å². The van der Waals surface area contributed by atoms with Crippen LogP contribution in [0.2, 0.25) is 0 Å². The van der Waals surface area contributed by atoms with Crippen molar-refractivity contribution in [2.24, 2.45) is 0 Å². The van der Waals surface area contributed by atoms with Crippen LogP contribution in [0.4, 0.5) is 0 Å². The molecule has 1 unspecified atom stereocenters. The van der Waals surface area contributed by atoms with Crippen molar-refractivity contribution >= 4 is 23.6 Å². The van der Waals surface area contributed by atoms with E-state index in [1.165, 1.54) is 0 Å². The van der Waals surface area contributed by atoms with E-state index in [0.717, 1.165) is 18.5 Å². The van der Waals surface area contributed by atoms with Crippen LogP contribution < -0.4 is 0 Å². The highest BCUT2D eigenvalue weighted by Crippen LogP contribution is 2.24. The summed E-state index contributed by atoms with van der Waals surface area (Å²) in [6.07, 6.45) is 3.78. The Bertz CT molecular complexity index is 536. The number of amides is 2. The number of thioether (sulfide) groups is 1. The van der Waals surface area contributed by atoms with Gasteiger partial charge in [-0.3, -0.25) is 14.6 Å². The van der Waals surface area contributed by atoms with Gasteiger partial charge in [-0.1, -0.05) is 6.07 Å². The summed E-state index contributed by atoms with van der Waals surface area (Å²) in [7, 11) is 1.81. The fourth-order valence-electron chi connectivity index (χ4n) is 2.49. The standard InChI is InChI=1S/C17H25N3O2S/c1-13(2)19(3)17(22)15-11-23-12-20(15)16(21)9-6-8-14-7-4-5-10-18-14/h4-5,7,10,13,15H,6,8-9,11-12H2,1-3H3. The Morgan fingerprint density at radius 3 is 2.87 bits per heavy atom. The van der Waals surface area contributed by atoms with Crippen LogP contribution in [0.15, 0.2) is 24.4 Å². The molecule has 0 spiro atoms. The van der Waals surface area contributed by atoms with Gasteiger partial charge in [-0.05, 0) is 38.8 Å². The van der Waals surface area contributed by atoms with E-state index in [2.05, 4.69) is 4.98 Å². The number of aryl methyl sites for hydroxylation is 1. The predicted octanol–water partition coefficient (Wildman–Crippen LogP) is 2.17. The second kappa shape index (κ2) is 8.34. The van der Waals surface area contributed by atoms with E-state index in [-0.39, 0.29) is 23.9 Å². The Morgan fingerprint density at radius 2 is 2.22 bits per heavy atom. The van der Waals surface area contributed by atoms with Crippen LogP contribution in [0.1, 0.15) is 32.4 Å². The lowest BCUT2D eigenvalue weighted by molar-refractivity contribution is -0.143. The Hall–Kier alpha value is -1.56. The summed E-state index contributed by atoms with van der Waals surface area (Å²) >= 11 is 1.65. The number of aromatic nitrogens is 1. The Balaban J connectivity index is 1.86. The maximum Gasteiger partial charge on any atom is 0.246 e. The van der Waals surface area contributed by atoms with Gasteiger partial charge in [0.2, 0.25) is 11.8 Å². The van der Waals surface area contributed by atoms with E-state index in [4.69, 9.17) is 0 Å². The monoisotopic (exact) mass is 335 g/mol. The average molecular weight is 335 g/mol. The highest BCUT2D eigenvalue weighted by Gasteiger charge is 2.36. The first-order valence-electron chi connectivity index (χ1n) is 8.04. The number of hydrogen-bond donors (Lipinski definition) is 0. The van der Waals surface area contributed by atoms with E-state index in [0.29, 0.717) is 18.1 Å². The van der Waals surface area contributed by atoms with Crippen LogP contribution in [0.3, 0.4) is 0 Å². The summed E-state index contributed by atoms with van der Waals surface area (Å²) in [5, 5.41) is 0. The molecule has 1 saturated heterocycles. The molecule has 5 nitrogen and oxygen atoms in total. The number of rotatable bonds is 6. The Morgan fingerprint density at radius 1 is 1.43 bits per heavy atom. The molecule has 0 N–H and O–H groups in total. The lowest BCUT2D eigenvalue weighted by Gasteiger charge is -2.29. The summed E-state index contributed by atoms with van der Waals surface area (Å²) in [6, 6.07) is 5.65. The third kappa shape index (κ3) is 4.70. The number of pyridine rings is 1. The topological polar surface area (TPSA) is 53.5 Å². The summed E-state index contributed by atoms with van der Waals surface area (Å²) in [4.78, 5) is 32.7. The van der Waals surface area contributed by atoms with Crippen LogP contribution in [0.5, 0.6) is 0 Å². The maximum atomic E-state index is 12.5. The van der Waals surface area contributed by atoms with E-state index in [9.17, 15) is 9.59 Å². The zero-order valence-corrected chi connectivity index (χ0v) is 14.9. The van der Waals surface area contributed by atoms with E-state index < -0.39 is 0 Å². The van der Waals surface area contributed by atoms with Gasteiger partial charge in [0.05, 0.1) is 5.88 Å². The van der Waals surface area contributed by atoms with Gasteiger partial charge in [-0.25, -0.2) is 0 Å². The molecule has 0 radical (unpaired) electrons. The number of nitrogens with zero attached hydrogens (tertiary/aromatic N) is 3.